The van der Waals surface area contributed by atoms with Crippen molar-refractivity contribution in [3.05, 3.63) is 69.5 Å². The summed E-state index contributed by atoms with van der Waals surface area (Å²) in [5, 5.41) is 22.1. The third-order valence-corrected chi connectivity index (χ3v) is 8.00. The molecule has 0 atom stereocenters. The molecule has 43 heavy (non-hydrogen) atoms. The molecule has 0 spiro atoms. The summed E-state index contributed by atoms with van der Waals surface area (Å²) in [6, 6.07) is 6.13. The second-order valence-electron chi connectivity index (χ2n) is 11.4. The van der Waals surface area contributed by atoms with Gasteiger partial charge in [0, 0.05) is 37.2 Å². The van der Waals surface area contributed by atoms with Crippen LogP contribution in [0.1, 0.15) is 74.7 Å². The molecule has 2 aromatic carbocycles. The molecule has 1 heterocycles. The molecule has 0 saturated heterocycles. The van der Waals surface area contributed by atoms with Crippen LogP contribution in [0.15, 0.2) is 46.7 Å². The van der Waals surface area contributed by atoms with Gasteiger partial charge in [0.15, 0.2) is 5.16 Å². The van der Waals surface area contributed by atoms with Crippen molar-refractivity contribution in [1.29, 1.82) is 0 Å². The number of hydrogen-bond donors (Lipinski definition) is 1. The lowest BCUT2D eigenvalue weighted by Gasteiger charge is -2.24. The highest BCUT2D eigenvalue weighted by molar-refractivity contribution is 7.99. The van der Waals surface area contributed by atoms with Gasteiger partial charge in [0.25, 0.3) is 11.6 Å². The predicted octanol–water partition coefficient (Wildman–Crippen LogP) is 6.78. The van der Waals surface area contributed by atoms with Gasteiger partial charge in [0.2, 0.25) is 0 Å². The number of non-ortho nitro benzene ring substituents is 1. The Morgan fingerprint density at radius 2 is 1.86 bits per heavy atom. The Bertz CT molecular complexity index is 1480. The molecular formula is C29H34F2N6O5S. The lowest BCUT2D eigenvalue weighted by Crippen LogP contribution is -2.35. The molecule has 11 nitrogen and oxygen atoms in total. The van der Waals surface area contributed by atoms with E-state index in [1.165, 1.54) is 35.5 Å². The van der Waals surface area contributed by atoms with E-state index in [-0.39, 0.29) is 22.1 Å². The Hall–Kier alpha value is -4.07. The van der Waals surface area contributed by atoms with Gasteiger partial charge in [-0.2, -0.15) is 0 Å². The minimum atomic E-state index is -0.914. The Labute approximate surface area is 252 Å². The first-order chi connectivity index (χ1) is 20.3. The normalized spacial score (nSPS) is 13.6. The van der Waals surface area contributed by atoms with E-state index < -0.39 is 39.8 Å². The van der Waals surface area contributed by atoms with E-state index in [2.05, 4.69) is 15.5 Å². The number of rotatable bonds is 10. The van der Waals surface area contributed by atoms with Crippen LogP contribution in [0.3, 0.4) is 0 Å². The quantitative estimate of drug-likeness (QED) is 0.195. The number of aromatic nitrogens is 3. The summed E-state index contributed by atoms with van der Waals surface area (Å²) in [5.74, 6) is -2.66. The SMILES string of the molecule is CN(CCCn1cnnc1Sc1ccc([N+](=O)[O-])cc1C(=O)Nc1c(F)cc(C2CCCC2)cc1F)C(=O)OC(C)(C)C. The third-order valence-electron chi connectivity index (χ3n) is 6.93. The van der Waals surface area contributed by atoms with Crippen LogP contribution in [0, 0.1) is 21.7 Å². The van der Waals surface area contributed by atoms with Crippen molar-refractivity contribution in [3.8, 4) is 0 Å². The van der Waals surface area contributed by atoms with Gasteiger partial charge in [-0.25, -0.2) is 13.6 Å². The van der Waals surface area contributed by atoms with Gasteiger partial charge in [0.05, 0.1) is 10.5 Å². The first kappa shape index (κ1) is 31.9. The van der Waals surface area contributed by atoms with Crippen LogP contribution in [-0.4, -0.2) is 55.8 Å². The van der Waals surface area contributed by atoms with Crippen LogP contribution in [0.4, 0.5) is 25.0 Å². The monoisotopic (exact) mass is 616 g/mol. The van der Waals surface area contributed by atoms with Crippen molar-refractivity contribution in [2.24, 2.45) is 0 Å². The number of amides is 2. The van der Waals surface area contributed by atoms with Gasteiger partial charge in [-0.3, -0.25) is 14.9 Å². The molecule has 2 amide bonds. The number of carbonyl (C=O) groups is 2. The molecule has 1 fully saturated rings. The molecule has 230 valence electrons. The molecule has 0 radical (unpaired) electrons. The maximum absolute atomic E-state index is 15.0. The molecule has 1 saturated carbocycles. The first-order valence-electron chi connectivity index (χ1n) is 13.9. The summed E-state index contributed by atoms with van der Waals surface area (Å²) in [4.78, 5) is 38.1. The van der Waals surface area contributed by atoms with Crippen LogP contribution in [0.2, 0.25) is 0 Å². The average Bonchev–Trinajstić information content (AvgIpc) is 3.62. The van der Waals surface area contributed by atoms with Crippen molar-refractivity contribution in [2.75, 3.05) is 18.9 Å². The van der Waals surface area contributed by atoms with E-state index in [1.807, 2.05) is 0 Å². The van der Waals surface area contributed by atoms with Crippen molar-refractivity contribution in [2.45, 2.75) is 81.0 Å². The standard InChI is InChI=1S/C29H34F2N6O5S/c1-29(2,3)42-28(39)35(4)12-7-13-36-17-32-34-27(36)43-24-11-10-20(37(40)41)16-21(24)26(38)33-25-22(30)14-19(15-23(25)31)18-8-5-6-9-18/h10-11,14-18H,5-9,12-13H2,1-4H3,(H,33,38). The third kappa shape index (κ3) is 8.27. The molecular weight excluding hydrogens is 582 g/mol. The molecule has 1 N–H and O–H groups in total. The Kier molecular flexibility index (Phi) is 9.99. The van der Waals surface area contributed by atoms with Crippen LogP contribution in [0.5, 0.6) is 0 Å². The fourth-order valence-electron chi connectivity index (χ4n) is 4.77. The van der Waals surface area contributed by atoms with Gasteiger partial charge < -0.3 is 19.5 Å². The predicted molar refractivity (Wildman–Crippen MR) is 156 cm³/mol. The number of carbonyl (C=O) groups excluding carboxylic acids is 2. The molecule has 4 rings (SSSR count). The topological polar surface area (TPSA) is 132 Å². The maximum atomic E-state index is 15.0. The lowest BCUT2D eigenvalue weighted by molar-refractivity contribution is -0.384. The second kappa shape index (κ2) is 13.5. The summed E-state index contributed by atoms with van der Waals surface area (Å²) in [6.07, 6.45) is 5.26. The summed E-state index contributed by atoms with van der Waals surface area (Å²) in [6.45, 7) is 6.16. The second-order valence-corrected chi connectivity index (χ2v) is 12.4. The summed E-state index contributed by atoms with van der Waals surface area (Å²) in [7, 11) is 1.63. The Balaban J connectivity index is 1.50. The van der Waals surface area contributed by atoms with Gasteiger partial charge in [-0.05, 0) is 81.5 Å². The Morgan fingerprint density at radius 3 is 2.49 bits per heavy atom. The highest BCUT2D eigenvalue weighted by Crippen LogP contribution is 2.37. The van der Waals surface area contributed by atoms with E-state index >= 15 is 0 Å². The van der Waals surface area contributed by atoms with Gasteiger partial charge in [0.1, 0.15) is 29.3 Å². The number of anilines is 1. The molecule has 3 aromatic rings. The van der Waals surface area contributed by atoms with Crippen molar-refractivity contribution in [1.82, 2.24) is 19.7 Å². The van der Waals surface area contributed by atoms with Gasteiger partial charge >= 0.3 is 6.09 Å². The number of ether oxygens (including phenoxy) is 1. The molecule has 14 heteroatoms. The zero-order valence-electron chi connectivity index (χ0n) is 24.4. The molecule has 0 bridgehead atoms. The van der Waals surface area contributed by atoms with E-state index in [9.17, 15) is 28.5 Å². The van der Waals surface area contributed by atoms with E-state index in [4.69, 9.17) is 4.74 Å². The van der Waals surface area contributed by atoms with Crippen LogP contribution in [0.25, 0.3) is 0 Å². The molecule has 1 aliphatic rings. The minimum Gasteiger partial charge on any atom is -0.444 e. The summed E-state index contributed by atoms with van der Waals surface area (Å²) in [5.41, 5.74) is -1.20. The fraction of sp³-hybridized carbons (Fsp3) is 0.448. The molecule has 1 aromatic heterocycles. The van der Waals surface area contributed by atoms with E-state index in [0.717, 1.165) is 43.5 Å². The molecule has 0 aliphatic heterocycles. The average molecular weight is 617 g/mol. The highest BCUT2D eigenvalue weighted by atomic mass is 32.2. The maximum Gasteiger partial charge on any atom is 0.410 e. The van der Waals surface area contributed by atoms with Crippen LogP contribution in [-0.2, 0) is 11.3 Å². The largest absolute Gasteiger partial charge is 0.444 e. The number of nitro benzene ring substituents is 1. The van der Waals surface area contributed by atoms with Gasteiger partial charge in [-0.15, -0.1) is 10.2 Å². The number of hydrogen-bond acceptors (Lipinski definition) is 8. The van der Waals surface area contributed by atoms with Crippen molar-refractivity contribution >= 4 is 35.1 Å². The van der Waals surface area contributed by atoms with Crippen molar-refractivity contribution in [3.63, 3.8) is 0 Å². The highest BCUT2D eigenvalue weighted by Gasteiger charge is 2.25. The number of nitrogens with zero attached hydrogens (tertiary/aromatic N) is 5. The Morgan fingerprint density at radius 1 is 1.19 bits per heavy atom. The van der Waals surface area contributed by atoms with Crippen LogP contribution < -0.4 is 5.32 Å². The van der Waals surface area contributed by atoms with E-state index in [0.29, 0.717) is 30.2 Å². The van der Waals surface area contributed by atoms with Crippen molar-refractivity contribution < 1.29 is 28.0 Å². The number of aryl methyl sites for hydroxylation is 1. The smallest absolute Gasteiger partial charge is 0.410 e. The summed E-state index contributed by atoms with van der Waals surface area (Å²) >= 11 is 1.02. The molecule has 0 unspecified atom stereocenters. The molecule has 1 aliphatic carbocycles. The van der Waals surface area contributed by atoms with Crippen LogP contribution >= 0.6 is 11.8 Å². The first-order valence-corrected chi connectivity index (χ1v) is 14.7. The summed E-state index contributed by atoms with van der Waals surface area (Å²) < 4.78 is 37.0. The number of halogens is 2. The number of benzene rings is 2. The van der Waals surface area contributed by atoms with Gasteiger partial charge in [-0.1, -0.05) is 12.8 Å². The number of nitrogens with one attached hydrogen (secondary N) is 1. The zero-order valence-corrected chi connectivity index (χ0v) is 25.2. The zero-order chi connectivity index (χ0) is 31.3. The lowest BCUT2D eigenvalue weighted by atomic mass is 9.97. The minimum absolute atomic E-state index is 0.0728. The fourth-order valence-corrected chi connectivity index (χ4v) is 5.71. The van der Waals surface area contributed by atoms with E-state index in [1.54, 1.807) is 32.4 Å². The number of nitro groups is 1.